The first-order valence-corrected chi connectivity index (χ1v) is 11.4. The monoisotopic (exact) mass is 379 g/mol. The largest absolute Gasteiger partial charge is 0.434 e. The predicted octanol–water partition coefficient (Wildman–Crippen LogP) is 4.73. The topological polar surface area (TPSA) is 98.1 Å². The lowest BCUT2D eigenvalue weighted by Gasteiger charge is -2.25. The molecule has 3 N–H and O–H groups in total. The molecule has 1 amide bonds. The summed E-state index contributed by atoms with van der Waals surface area (Å²) in [6.45, 7) is 3.41. The number of hydrogen-bond donors (Lipinski definition) is 3. The van der Waals surface area contributed by atoms with Gasteiger partial charge in [0.05, 0.1) is 0 Å². The van der Waals surface area contributed by atoms with Crippen molar-refractivity contribution in [3.63, 3.8) is 0 Å². The Morgan fingerprint density at radius 3 is 1.52 bits per heavy atom. The minimum absolute atomic E-state index is 0.0633. The van der Waals surface area contributed by atoms with Gasteiger partial charge in [0.2, 0.25) is 5.91 Å². The van der Waals surface area contributed by atoms with Crippen LogP contribution in [0.5, 0.6) is 0 Å². The lowest BCUT2D eigenvalue weighted by Crippen LogP contribution is -2.35. The lowest BCUT2D eigenvalue weighted by atomic mass is 10.0. The van der Waals surface area contributed by atoms with Gasteiger partial charge in [-0.25, -0.2) is 9.24 Å². The molecule has 1 atom stereocenters. The van der Waals surface area contributed by atoms with Crippen LogP contribution >= 0.6 is 7.75 Å². The average Bonchev–Trinajstić information content (AvgIpc) is 2.50. The van der Waals surface area contributed by atoms with Crippen LogP contribution in [0.1, 0.15) is 104 Å². The minimum atomic E-state index is -4.74. The van der Waals surface area contributed by atoms with Gasteiger partial charge in [-0.05, 0) is 13.3 Å². The van der Waals surface area contributed by atoms with Crippen LogP contribution in [-0.4, -0.2) is 31.7 Å². The number of amides is 1. The maximum Gasteiger partial charge on any atom is 0.434 e. The fourth-order valence-corrected chi connectivity index (χ4v) is 3.81. The van der Waals surface area contributed by atoms with Crippen LogP contribution in [0, 0.1) is 0 Å². The zero-order chi connectivity index (χ0) is 19.1. The molecule has 150 valence electrons. The zero-order valence-electron chi connectivity index (χ0n) is 16.0. The van der Waals surface area contributed by atoms with E-state index in [9.17, 15) is 14.5 Å². The second kappa shape index (κ2) is 14.7. The van der Waals surface area contributed by atoms with Gasteiger partial charge in [-0.2, -0.15) is 0 Å². The van der Waals surface area contributed by atoms with E-state index < -0.39 is 19.9 Å². The standard InChI is InChI=1S/C18H38NO5P/c1-3-4-5-6-7-8-9-10-11-12-13-14-15-16-18(21)19(17(2)20)25(22,23)24/h17,20H,3-16H2,1-2H3,(H2,22,23,24). The Bertz CT molecular complexity index is 384. The summed E-state index contributed by atoms with van der Waals surface area (Å²) in [6, 6.07) is 0. The molecule has 0 aromatic carbocycles. The molecule has 0 saturated carbocycles. The van der Waals surface area contributed by atoms with Gasteiger partial charge >= 0.3 is 7.75 Å². The molecule has 0 heterocycles. The van der Waals surface area contributed by atoms with Crippen molar-refractivity contribution in [2.24, 2.45) is 0 Å². The number of carbonyl (C=O) groups excluding carboxylic acids is 1. The second-order valence-electron chi connectivity index (χ2n) is 6.88. The van der Waals surface area contributed by atoms with Gasteiger partial charge in [0.15, 0.2) is 0 Å². The van der Waals surface area contributed by atoms with E-state index in [0.717, 1.165) is 19.3 Å². The van der Waals surface area contributed by atoms with Crippen molar-refractivity contribution in [2.45, 2.75) is 110 Å². The third kappa shape index (κ3) is 13.4. The Morgan fingerprint density at radius 2 is 1.20 bits per heavy atom. The third-order valence-corrected chi connectivity index (χ3v) is 5.50. The summed E-state index contributed by atoms with van der Waals surface area (Å²) in [4.78, 5) is 30.0. The van der Waals surface area contributed by atoms with E-state index in [1.807, 2.05) is 0 Å². The Balaban J connectivity index is 3.55. The van der Waals surface area contributed by atoms with Gasteiger partial charge < -0.3 is 14.9 Å². The van der Waals surface area contributed by atoms with Crippen molar-refractivity contribution in [3.8, 4) is 0 Å². The molecule has 0 fully saturated rings. The highest BCUT2D eigenvalue weighted by atomic mass is 31.2. The van der Waals surface area contributed by atoms with E-state index in [2.05, 4.69) is 6.92 Å². The second-order valence-corrected chi connectivity index (χ2v) is 8.33. The van der Waals surface area contributed by atoms with Crippen molar-refractivity contribution >= 4 is 13.7 Å². The Hall–Kier alpha value is -0.420. The zero-order valence-corrected chi connectivity index (χ0v) is 16.9. The van der Waals surface area contributed by atoms with Crippen molar-refractivity contribution in [3.05, 3.63) is 0 Å². The molecule has 0 aromatic heterocycles. The molecule has 1 unspecified atom stereocenters. The van der Waals surface area contributed by atoms with E-state index in [0.29, 0.717) is 6.42 Å². The number of nitrogens with zero attached hydrogens (tertiary/aromatic N) is 1. The van der Waals surface area contributed by atoms with Gasteiger partial charge in [-0.15, -0.1) is 0 Å². The van der Waals surface area contributed by atoms with Crippen LogP contribution < -0.4 is 0 Å². The first-order valence-electron chi connectivity index (χ1n) is 9.86. The Kier molecular flexibility index (Phi) is 14.5. The Morgan fingerprint density at radius 1 is 0.840 bits per heavy atom. The fourth-order valence-electron chi connectivity index (χ4n) is 2.98. The summed E-state index contributed by atoms with van der Waals surface area (Å²) in [5.41, 5.74) is 0. The highest BCUT2D eigenvalue weighted by molar-refractivity contribution is 7.49. The van der Waals surface area contributed by atoms with Crippen molar-refractivity contribution in [1.82, 2.24) is 4.67 Å². The minimum Gasteiger partial charge on any atom is -0.373 e. The summed E-state index contributed by atoms with van der Waals surface area (Å²) in [7, 11) is -4.74. The van der Waals surface area contributed by atoms with E-state index >= 15 is 0 Å². The Labute approximate surface area is 153 Å². The SMILES string of the molecule is CCCCCCCCCCCCCCCC(=O)N(C(C)O)P(=O)(O)O. The average molecular weight is 379 g/mol. The van der Waals surface area contributed by atoms with Crippen molar-refractivity contribution in [1.29, 1.82) is 0 Å². The molecule has 0 aromatic rings. The number of carbonyl (C=O) groups is 1. The van der Waals surface area contributed by atoms with Crippen LogP contribution in [0.25, 0.3) is 0 Å². The van der Waals surface area contributed by atoms with Crippen LogP contribution in [0.4, 0.5) is 0 Å². The lowest BCUT2D eigenvalue weighted by molar-refractivity contribution is -0.133. The fraction of sp³-hybridized carbons (Fsp3) is 0.944. The molecule has 7 heteroatoms. The van der Waals surface area contributed by atoms with Crippen LogP contribution in [-0.2, 0) is 9.36 Å². The molecule has 6 nitrogen and oxygen atoms in total. The maximum atomic E-state index is 11.8. The van der Waals surface area contributed by atoms with Gasteiger partial charge in [0, 0.05) is 6.42 Å². The normalized spacial score (nSPS) is 13.0. The van der Waals surface area contributed by atoms with E-state index in [1.165, 1.54) is 64.7 Å². The number of aliphatic hydroxyl groups excluding tert-OH is 1. The van der Waals surface area contributed by atoms with Gasteiger partial charge in [-0.3, -0.25) is 4.79 Å². The van der Waals surface area contributed by atoms with E-state index in [1.54, 1.807) is 0 Å². The number of unbranched alkanes of at least 4 members (excludes halogenated alkanes) is 12. The molecule has 25 heavy (non-hydrogen) atoms. The van der Waals surface area contributed by atoms with E-state index in [4.69, 9.17) is 9.79 Å². The number of hydrogen-bond acceptors (Lipinski definition) is 3. The van der Waals surface area contributed by atoms with Crippen LogP contribution in [0.2, 0.25) is 0 Å². The molecule has 0 saturated heterocycles. The molecule has 0 aliphatic rings. The number of rotatable bonds is 16. The molecule has 0 spiro atoms. The summed E-state index contributed by atoms with van der Waals surface area (Å²) >= 11 is 0. The molecule has 0 radical (unpaired) electrons. The maximum absolute atomic E-state index is 11.8. The summed E-state index contributed by atoms with van der Waals surface area (Å²) < 4.78 is 11.5. The predicted molar refractivity (Wildman–Crippen MR) is 101 cm³/mol. The summed E-state index contributed by atoms with van der Waals surface area (Å²) in [6.07, 6.45) is 14.1. The molecule has 0 rings (SSSR count). The quantitative estimate of drug-likeness (QED) is 0.205. The molecular formula is C18H38NO5P. The highest BCUT2D eigenvalue weighted by Gasteiger charge is 2.33. The van der Waals surface area contributed by atoms with Crippen molar-refractivity contribution < 1.29 is 24.3 Å². The van der Waals surface area contributed by atoms with Gasteiger partial charge in [0.25, 0.3) is 0 Å². The van der Waals surface area contributed by atoms with Crippen LogP contribution in [0.15, 0.2) is 0 Å². The molecular weight excluding hydrogens is 341 g/mol. The first kappa shape index (κ1) is 24.6. The summed E-state index contributed by atoms with van der Waals surface area (Å²) in [5.74, 6) is -0.689. The van der Waals surface area contributed by atoms with Gasteiger partial charge in [0.1, 0.15) is 6.23 Å². The van der Waals surface area contributed by atoms with E-state index in [-0.39, 0.29) is 11.1 Å². The molecule has 0 aliphatic carbocycles. The molecule has 0 bridgehead atoms. The number of aliphatic hydroxyl groups is 1. The smallest absolute Gasteiger partial charge is 0.373 e. The van der Waals surface area contributed by atoms with Crippen molar-refractivity contribution in [2.75, 3.05) is 0 Å². The first-order chi connectivity index (χ1) is 11.8. The van der Waals surface area contributed by atoms with Crippen LogP contribution in [0.3, 0.4) is 0 Å². The van der Waals surface area contributed by atoms with Gasteiger partial charge in [-0.1, -0.05) is 84.0 Å². The highest BCUT2D eigenvalue weighted by Crippen LogP contribution is 2.41. The third-order valence-electron chi connectivity index (χ3n) is 4.38. The molecule has 0 aliphatic heterocycles. The summed E-state index contributed by atoms with van der Waals surface area (Å²) in [5, 5.41) is 9.33.